The second-order valence-corrected chi connectivity index (χ2v) is 7.82. The van der Waals surface area contributed by atoms with E-state index in [1.54, 1.807) is 48.5 Å². The molecule has 4 rings (SSSR count). The van der Waals surface area contributed by atoms with E-state index in [0.717, 1.165) is 5.56 Å². The van der Waals surface area contributed by atoms with Crippen LogP contribution in [0.1, 0.15) is 11.1 Å². The van der Waals surface area contributed by atoms with Gasteiger partial charge >= 0.3 is 0 Å². The van der Waals surface area contributed by atoms with Gasteiger partial charge in [-0.1, -0.05) is 54.1 Å². The zero-order chi connectivity index (χ0) is 20.9. The van der Waals surface area contributed by atoms with Crippen LogP contribution in [0.5, 0.6) is 5.75 Å². The van der Waals surface area contributed by atoms with Gasteiger partial charge in [-0.15, -0.1) is 0 Å². The molecule has 1 fully saturated rings. The molecule has 1 saturated heterocycles. The predicted molar refractivity (Wildman–Crippen MR) is 119 cm³/mol. The van der Waals surface area contributed by atoms with E-state index in [0.29, 0.717) is 32.1 Å². The Kier molecular flexibility index (Phi) is 6.16. The van der Waals surface area contributed by atoms with Gasteiger partial charge in [0.25, 0.3) is 5.91 Å². The summed E-state index contributed by atoms with van der Waals surface area (Å²) in [6.07, 6.45) is 1.77. The van der Waals surface area contributed by atoms with Gasteiger partial charge in [-0.3, -0.25) is 4.79 Å². The maximum atomic E-state index is 13.7. The molecule has 1 amide bonds. The number of aliphatic imine (C=N–C) groups is 1. The fourth-order valence-corrected chi connectivity index (χ4v) is 3.73. The Bertz CT molecular complexity index is 1150. The van der Waals surface area contributed by atoms with Crippen molar-refractivity contribution in [3.63, 3.8) is 0 Å². The van der Waals surface area contributed by atoms with Gasteiger partial charge in [-0.25, -0.2) is 9.38 Å². The average molecular weight is 439 g/mol. The Balaban J connectivity index is 1.43. The molecule has 0 radical (unpaired) electrons. The molecule has 4 nitrogen and oxygen atoms in total. The Morgan fingerprint density at radius 1 is 1.03 bits per heavy atom. The van der Waals surface area contributed by atoms with E-state index in [1.807, 2.05) is 24.3 Å². The van der Waals surface area contributed by atoms with Gasteiger partial charge in [-0.05, 0) is 53.7 Å². The second kappa shape index (κ2) is 9.15. The first kappa shape index (κ1) is 20.2. The molecule has 7 heteroatoms. The highest BCUT2D eigenvalue weighted by Gasteiger charge is 2.24. The van der Waals surface area contributed by atoms with Crippen LogP contribution < -0.4 is 10.1 Å². The summed E-state index contributed by atoms with van der Waals surface area (Å²) >= 11 is 7.37. The van der Waals surface area contributed by atoms with Gasteiger partial charge in [0.1, 0.15) is 18.2 Å². The molecule has 0 saturated carbocycles. The number of ether oxygens (including phenoxy) is 1. The predicted octanol–water partition coefficient (Wildman–Crippen LogP) is 5.95. The van der Waals surface area contributed by atoms with Gasteiger partial charge in [0, 0.05) is 5.56 Å². The van der Waals surface area contributed by atoms with E-state index in [9.17, 15) is 9.18 Å². The fourth-order valence-electron chi connectivity index (χ4n) is 2.72. The number of hydrogen-bond acceptors (Lipinski definition) is 4. The van der Waals surface area contributed by atoms with Crippen molar-refractivity contribution in [2.45, 2.75) is 6.61 Å². The van der Waals surface area contributed by atoms with Crippen LogP contribution in [-0.4, -0.2) is 11.1 Å². The first-order chi connectivity index (χ1) is 14.6. The Morgan fingerprint density at radius 3 is 2.53 bits per heavy atom. The van der Waals surface area contributed by atoms with Crippen LogP contribution in [0.2, 0.25) is 5.02 Å². The number of halogens is 2. The molecule has 0 aliphatic carbocycles. The van der Waals surface area contributed by atoms with Crippen molar-refractivity contribution >= 4 is 46.2 Å². The number of hydrogen-bond donors (Lipinski definition) is 1. The summed E-state index contributed by atoms with van der Waals surface area (Å²) in [5.74, 6) is 0.105. The summed E-state index contributed by atoms with van der Waals surface area (Å²) < 4.78 is 19.3. The Morgan fingerprint density at radius 2 is 1.77 bits per heavy atom. The molecule has 0 bridgehead atoms. The van der Waals surface area contributed by atoms with Crippen molar-refractivity contribution in [2.24, 2.45) is 4.99 Å². The number of carbonyl (C=O) groups excluding carboxylic acids is 1. The van der Waals surface area contributed by atoms with Crippen molar-refractivity contribution in [2.75, 3.05) is 0 Å². The first-order valence-electron chi connectivity index (χ1n) is 9.09. The summed E-state index contributed by atoms with van der Waals surface area (Å²) in [6.45, 7) is 0.146. The summed E-state index contributed by atoms with van der Waals surface area (Å²) in [5, 5.41) is 3.73. The smallest absolute Gasteiger partial charge is 0.264 e. The number of rotatable bonds is 5. The molecule has 1 aliphatic rings. The molecule has 3 aromatic rings. The van der Waals surface area contributed by atoms with Crippen LogP contribution in [-0.2, 0) is 11.4 Å². The van der Waals surface area contributed by atoms with Gasteiger partial charge < -0.3 is 10.1 Å². The third-order valence-corrected chi connectivity index (χ3v) is 5.48. The molecule has 1 heterocycles. The molecule has 1 aliphatic heterocycles. The second-order valence-electron chi connectivity index (χ2n) is 6.38. The molecule has 30 heavy (non-hydrogen) atoms. The lowest BCUT2D eigenvalue weighted by Crippen LogP contribution is -2.19. The Hall–Kier alpha value is -3.09. The van der Waals surface area contributed by atoms with E-state index >= 15 is 0 Å². The number of para-hydroxylation sites is 1. The van der Waals surface area contributed by atoms with E-state index in [4.69, 9.17) is 16.3 Å². The maximum Gasteiger partial charge on any atom is 0.264 e. The first-order valence-corrected chi connectivity index (χ1v) is 10.3. The fraction of sp³-hybridized carbons (Fsp3) is 0.0435. The summed E-state index contributed by atoms with van der Waals surface area (Å²) in [7, 11) is 0. The minimum absolute atomic E-state index is 0.146. The lowest BCUT2D eigenvalue weighted by molar-refractivity contribution is -0.115. The van der Waals surface area contributed by atoms with E-state index in [-0.39, 0.29) is 18.3 Å². The van der Waals surface area contributed by atoms with Crippen molar-refractivity contribution in [1.29, 1.82) is 0 Å². The number of nitrogens with zero attached hydrogens (tertiary/aromatic N) is 1. The minimum atomic E-state index is -0.294. The molecule has 150 valence electrons. The normalized spacial score (nSPS) is 16.1. The zero-order valence-corrected chi connectivity index (χ0v) is 17.2. The monoisotopic (exact) mass is 438 g/mol. The third kappa shape index (κ3) is 4.90. The molecule has 0 aromatic heterocycles. The number of nitrogens with one attached hydrogen (secondary N) is 1. The Labute approximate surface area is 182 Å². The summed E-state index contributed by atoms with van der Waals surface area (Å²) in [5.41, 5.74) is 1.93. The number of amidine groups is 1. The number of benzene rings is 3. The highest BCUT2D eigenvalue weighted by molar-refractivity contribution is 8.18. The van der Waals surface area contributed by atoms with Gasteiger partial charge in [0.15, 0.2) is 5.17 Å². The molecule has 0 unspecified atom stereocenters. The van der Waals surface area contributed by atoms with Crippen molar-refractivity contribution in [3.05, 3.63) is 99.7 Å². The highest BCUT2D eigenvalue weighted by atomic mass is 35.5. The van der Waals surface area contributed by atoms with Crippen molar-refractivity contribution in [1.82, 2.24) is 5.32 Å². The molecule has 3 aromatic carbocycles. The van der Waals surface area contributed by atoms with Crippen LogP contribution in [0, 0.1) is 5.82 Å². The van der Waals surface area contributed by atoms with Gasteiger partial charge in [0.05, 0.1) is 15.6 Å². The highest BCUT2D eigenvalue weighted by Crippen LogP contribution is 2.31. The van der Waals surface area contributed by atoms with Crippen LogP contribution in [0.25, 0.3) is 6.08 Å². The third-order valence-electron chi connectivity index (χ3n) is 4.26. The van der Waals surface area contributed by atoms with Crippen LogP contribution >= 0.6 is 23.4 Å². The average Bonchev–Trinajstić information content (AvgIpc) is 3.09. The van der Waals surface area contributed by atoms with Crippen LogP contribution in [0.3, 0.4) is 0 Å². The lowest BCUT2D eigenvalue weighted by atomic mass is 10.2. The quantitative estimate of drug-likeness (QED) is 0.501. The summed E-state index contributed by atoms with van der Waals surface area (Å²) in [6, 6.07) is 20.9. The number of carbonyl (C=O) groups is 1. The number of thioether (sulfide) groups is 1. The van der Waals surface area contributed by atoms with Gasteiger partial charge in [0.2, 0.25) is 0 Å². The molecule has 0 spiro atoms. The van der Waals surface area contributed by atoms with Crippen LogP contribution in [0.4, 0.5) is 10.1 Å². The van der Waals surface area contributed by atoms with Crippen molar-refractivity contribution in [3.8, 4) is 5.75 Å². The topological polar surface area (TPSA) is 50.7 Å². The summed E-state index contributed by atoms with van der Waals surface area (Å²) in [4.78, 5) is 17.2. The van der Waals surface area contributed by atoms with E-state index < -0.39 is 0 Å². The molecular formula is C23H16ClFN2O2S. The zero-order valence-electron chi connectivity index (χ0n) is 15.6. The van der Waals surface area contributed by atoms with E-state index in [1.165, 1.54) is 17.8 Å². The van der Waals surface area contributed by atoms with Gasteiger partial charge in [-0.2, -0.15) is 0 Å². The SMILES string of the molecule is O=C1NC(=Nc2ccccc2Cl)S/C1=C/c1ccc(OCc2ccccc2F)cc1. The minimum Gasteiger partial charge on any atom is -0.489 e. The van der Waals surface area contributed by atoms with E-state index in [2.05, 4.69) is 10.3 Å². The standard InChI is InChI=1S/C23H16ClFN2O2S/c24-18-6-2-4-8-20(18)26-23-27-22(28)21(30-23)13-15-9-11-17(12-10-15)29-14-16-5-1-3-7-19(16)25/h1-13H,14H2,(H,26,27,28)/b21-13+. The molecule has 0 atom stereocenters. The molecule has 1 N–H and O–H groups in total. The maximum absolute atomic E-state index is 13.7. The van der Waals surface area contributed by atoms with Crippen molar-refractivity contribution < 1.29 is 13.9 Å². The molecular weight excluding hydrogens is 423 g/mol. The largest absolute Gasteiger partial charge is 0.489 e. The van der Waals surface area contributed by atoms with Crippen LogP contribution in [0.15, 0.2) is 82.7 Å². The lowest BCUT2D eigenvalue weighted by Gasteiger charge is -2.07. The number of amides is 1.